The highest BCUT2D eigenvalue weighted by atomic mass is 32.2. The van der Waals surface area contributed by atoms with Crippen molar-refractivity contribution in [3.8, 4) is 0 Å². The minimum atomic E-state index is -0.256. The average molecular weight is 178 g/mol. The Balaban J connectivity index is 3.61. The third-order valence-corrected chi connectivity index (χ3v) is 2.48. The first-order valence-corrected chi connectivity index (χ1v) is 4.32. The summed E-state index contributed by atoms with van der Waals surface area (Å²) in [4.78, 5) is 10.6. The van der Waals surface area contributed by atoms with Crippen molar-refractivity contribution in [1.82, 2.24) is 0 Å². The lowest BCUT2D eigenvalue weighted by atomic mass is 10.2. The Hall–Kier alpha value is -0.220. The molecular weight excluding hydrogens is 164 g/mol. The zero-order valence-corrected chi connectivity index (χ0v) is 7.90. The number of aliphatic hydroxyl groups is 1. The molecule has 0 fully saturated rings. The molecule has 0 aromatic heterocycles. The van der Waals surface area contributed by atoms with E-state index in [4.69, 9.17) is 5.11 Å². The summed E-state index contributed by atoms with van der Waals surface area (Å²) in [5.74, 6) is 0.0425. The Kier molecular flexibility index (Phi) is 4.52. The third-order valence-electron chi connectivity index (χ3n) is 1.19. The van der Waals surface area contributed by atoms with Crippen molar-refractivity contribution in [2.24, 2.45) is 0 Å². The van der Waals surface area contributed by atoms with E-state index in [1.165, 1.54) is 18.9 Å². The van der Waals surface area contributed by atoms with Crippen LogP contribution in [0.2, 0.25) is 0 Å². The molecule has 3 nitrogen and oxygen atoms in total. The second-order valence-electron chi connectivity index (χ2n) is 2.78. The minimum absolute atomic E-state index is 0.0641. The van der Waals surface area contributed by atoms with Crippen molar-refractivity contribution in [2.45, 2.75) is 18.6 Å². The van der Waals surface area contributed by atoms with Crippen molar-refractivity contribution in [2.75, 3.05) is 19.5 Å². The molecule has 66 valence electrons. The monoisotopic (exact) mass is 178 g/mol. The number of carbonyl (C=O) groups is 1. The van der Waals surface area contributed by atoms with Gasteiger partial charge in [-0.1, -0.05) is 0 Å². The number of methoxy groups -OCH3 is 1. The van der Waals surface area contributed by atoms with Crippen LogP contribution < -0.4 is 0 Å². The molecule has 0 saturated heterocycles. The van der Waals surface area contributed by atoms with Crippen LogP contribution in [0.1, 0.15) is 13.8 Å². The van der Waals surface area contributed by atoms with Gasteiger partial charge in [0.15, 0.2) is 0 Å². The Morgan fingerprint density at radius 1 is 1.64 bits per heavy atom. The fraction of sp³-hybridized carbons (Fsp3) is 0.857. The number of aliphatic hydroxyl groups excluding tert-OH is 1. The van der Waals surface area contributed by atoms with Crippen molar-refractivity contribution in [3.63, 3.8) is 0 Å². The number of hydrogen-bond acceptors (Lipinski definition) is 4. The summed E-state index contributed by atoms with van der Waals surface area (Å²) >= 11 is 1.39. The van der Waals surface area contributed by atoms with Gasteiger partial charge in [0.1, 0.15) is 0 Å². The zero-order valence-electron chi connectivity index (χ0n) is 7.09. The van der Waals surface area contributed by atoms with Crippen LogP contribution in [0.25, 0.3) is 0 Å². The zero-order chi connectivity index (χ0) is 8.91. The van der Waals surface area contributed by atoms with Gasteiger partial charge >= 0.3 is 5.97 Å². The molecular formula is C7H14O3S. The van der Waals surface area contributed by atoms with Gasteiger partial charge in [0.25, 0.3) is 0 Å². The lowest BCUT2D eigenvalue weighted by Gasteiger charge is -2.19. The summed E-state index contributed by atoms with van der Waals surface area (Å²) in [6.45, 7) is 3.82. The first-order chi connectivity index (χ1) is 5.02. The first kappa shape index (κ1) is 10.8. The standard InChI is InChI=1S/C7H14O3S/c1-7(2,5-8)11-4-6(9)10-3/h8H,4-5H2,1-3H3. The number of thioether (sulfide) groups is 1. The maximum atomic E-state index is 10.6. The topological polar surface area (TPSA) is 46.5 Å². The molecule has 0 amide bonds. The van der Waals surface area contributed by atoms with E-state index < -0.39 is 0 Å². The van der Waals surface area contributed by atoms with Crippen LogP contribution in [0.15, 0.2) is 0 Å². The SMILES string of the molecule is COC(=O)CSC(C)(C)CO. The number of ether oxygens (including phenoxy) is 1. The molecule has 0 spiro atoms. The predicted molar refractivity (Wildman–Crippen MR) is 45.6 cm³/mol. The summed E-state index contributed by atoms with van der Waals surface area (Å²) in [6.07, 6.45) is 0. The fourth-order valence-electron chi connectivity index (χ4n) is 0.359. The smallest absolute Gasteiger partial charge is 0.315 e. The normalized spacial score (nSPS) is 11.3. The fourth-order valence-corrected chi connectivity index (χ4v) is 1.08. The van der Waals surface area contributed by atoms with Gasteiger partial charge in [0, 0.05) is 4.75 Å². The van der Waals surface area contributed by atoms with Gasteiger partial charge in [0.2, 0.25) is 0 Å². The highest BCUT2D eigenvalue weighted by Crippen LogP contribution is 2.22. The molecule has 0 aliphatic rings. The molecule has 0 aliphatic carbocycles. The minimum Gasteiger partial charge on any atom is -0.468 e. The lowest BCUT2D eigenvalue weighted by Crippen LogP contribution is -2.22. The van der Waals surface area contributed by atoms with Crippen LogP contribution in [0.3, 0.4) is 0 Å². The van der Waals surface area contributed by atoms with Crippen molar-refractivity contribution in [3.05, 3.63) is 0 Å². The summed E-state index contributed by atoms with van der Waals surface area (Å²) in [5.41, 5.74) is 0. The Morgan fingerprint density at radius 2 is 2.18 bits per heavy atom. The number of rotatable bonds is 4. The lowest BCUT2D eigenvalue weighted by molar-refractivity contribution is -0.137. The van der Waals surface area contributed by atoms with E-state index in [0.717, 1.165) is 0 Å². The quantitative estimate of drug-likeness (QED) is 0.642. The summed E-state index contributed by atoms with van der Waals surface area (Å²) < 4.78 is 4.19. The molecule has 0 heterocycles. The van der Waals surface area contributed by atoms with Crippen LogP contribution in [0.5, 0.6) is 0 Å². The van der Waals surface area contributed by atoms with Crippen LogP contribution in [-0.4, -0.2) is 35.3 Å². The maximum Gasteiger partial charge on any atom is 0.315 e. The molecule has 11 heavy (non-hydrogen) atoms. The van der Waals surface area contributed by atoms with Crippen molar-refractivity contribution < 1.29 is 14.6 Å². The predicted octanol–water partition coefficient (Wildman–Crippen LogP) is 0.663. The van der Waals surface area contributed by atoms with Crippen molar-refractivity contribution in [1.29, 1.82) is 0 Å². The molecule has 0 atom stereocenters. The van der Waals surface area contributed by atoms with E-state index in [1.807, 2.05) is 13.8 Å². The van der Waals surface area contributed by atoms with Gasteiger partial charge in [-0.15, -0.1) is 11.8 Å². The summed E-state index contributed by atoms with van der Waals surface area (Å²) in [7, 11) is 1.36. The van der Waals surface area contributed by atoms with Crippen LogP contribution in [-0.2, 0) is 9.53 Å². The van der Waals surface area contributed by atoms with E-state index in [0.29, 0.717) is 5.75 Å². The highest BCUT2D eigenvalue weighted by molar-refractivity contribution is 8.01. The van der Waals surface area contributed by atoms with Crippen LogP contribution in [0, 0.1) is 0 Å². The number of esters is 1. The molecule has 0 bridgehead atoms. The van der Waals surface area contributed by atoms with Crippen LogP contribution in [0.4, 0.5) is 0 Å². The number of hydrogen-bond donors (Lipinski definition) is 1. The number of carbonyl (C=O) groups excluding carboxylic acids is 1. The molecule has 0 aromatic carbocycles. The second-order valence-corrected chi connectivity index (χ2v) is 4.47. The average Bonchev–Trinajstić information content (AvgIpc) is 2.00. The molecule has 0 radical (unpaired) electrons. The molecule has 1 N–H and O–H groups in total. The first-order valence-electron chi connectivity index (χ1n) is 3.33. The van der Waals surface area contributed by atoms with E-state index >= 15 is 0 Å². The molecule has 0 aliphatic heterocycles. The molecule has 0 rings (SSSR count). The highest BCUT2D eigenvalue weighted by Gasteiger charge is 2.18. The van der Waals surface area contributed by atoms with Gasteiger partial charge in [-0.2, -0.15) is 0 Å². The Labute approximate surface area is 71.1 Å². The molecule has 0 saturated carbocycles. The Morgan fingerprint density at radius 3 is 2.55 bits per heavy atom. The van der Waals surface area contributed by atoms with E-state index in [-0.39, 0.29) is 17.3 Å². The van der Waals surface area contributed by atoms with E-state index in [2.05, 4.69) is 4.74 Å². The van der Waals surface area contributed by atoms with Gasteiger partial charge in [-0.25, -0.2) is 0 Å². The Bertz CT molecular complexity index is 134. The maximum absolute atomic E-state index is 10.6. The second kappa shape index (κ2) is 4.62. The van der Waals surface area contributed by atoms with Crippen molar-refractivity contribution >= 4 is 17.7 Å². The molecule has 0 aromatic rings. The summed E-state index contributed by atoms with van der Waals surface area (Å²) in [6, 6.07) is 0. The van der Waals surface area contributed by atoms with Gasteiger partial charge < -0.3 is 9.84 Å². The third kappa shape index (κ3) is 5.09. The molecule has 4 heteroatoms. The largest absolute Gasteiger partial charge is 0.468 e. The summed E-state index contributed by atoms with van der Waals surface area (Å²) in [5, 5.41) is 8.81. The van der Waals surface area contributed by atoms with Gasteiger partial charge in [-0.05, 0) is 13.8 Å². The van der Waals surface area contributed by atoms with E-state index in [1.54, 1.807) is 0 Å². The van der Waals surface area contributed by atoms with Crippen LogP contribution >= 0.6 is 11.8 Å². The van der Waals surface area contributed by atoms with Gasteiger partial charge in [0.05, 0.1) is 19.5 Å². The molecule has 0 unspecified atom stereocenters. The van der Waals surface area contributed by atoms with E-state index in [9.17, 15) is 4.79 Å². The van der Waals surface area contributed by atoms with Gasteiger partial charge in [-0.3, -0.25) is 4.79 Å².